The van der Waals surface area contributed by atoms with Gasteiger partial charge in [-0.15, -0.1) is 0 Å². The molecule has 2 N–H and O–H groups in total. The first kappa shape index (κ1) is 19.9. The van der Waals surface area contributed by atoms with Crippen LogP contribution in [0.5, 0.6) is 0 Å². The predicted octanol–water partition coefficient (Wildman–Crippen LogP) is 2.23. The number of sulfonamides is 1. The minimum Gasteiger partial charge on any atom is -0.373 e. The van der Waals surface area contributed by atoms with Gasteiger partial charge in [-0.1, -0.05) is 44.2 Å². The molecule has 1 aromatic carbocycles. The SMILES string of the molecule is CC1(C)[C@@H]2C[C@@H]3[C@@H](c4ccccc4)OCC[C@]3(C2)[C@H]1NC(=O)CNS(C)(=O)=O. The Kier molecular flexibility index (Phi) is 4.83. The molecule has 2 saturated carbocycles. The van der Waals surface area contributed by atoms with Crippen LogP contribution in [0.3, 0.4) is 0 Å². The first-order valence-electron chi connectivity index (χ1n) is 10.0. The van der Waals surface area contributed by atoms with Crippen LogP contribution < -0.4 is 10.0 Å². The molecule has 5 atom stereocenters. The molecule has 0 radical (unpaired) electrons. The van der Waals surface area contributed by atoms with E-state index in [9.17, 15) is 13.2 Å². The third-order valence-electron chi connectivity index (χ3n) is 7.43. The van der Waals surface area contributed by atoms with Crippen LogP contribution in [0.15, 0.2) is 30.3 Å². The van der Waals surface area contributed by atoms with E-state index in [0.29, 0.717) is 18.4 Å². The van der Waals surface area contributed by atoms with E-state index in [1.165, 1.54) is 5.56 Å². The smallest absolute Gasteiger partial charge is 0.235 e. The normalized spacial score (nSPS) is 36.1. The molecule has 3 fully saturated rings. The lowest BCUT2D eigenvalue weighted by Gasteiger charge is -2.53. The van der Waals surface area contributed by atoms with Gasteiger partial charge in [0.15, 0.2) is 0 Å². The fourth-order valence-electron chi connectivity index (χ4n) is 6.17. The number of benzene rings is 1. The maximum Gasteiger partial charge on any atom is 0.235 e. The summed E-state index contributed by atoms with van der Waals surface area (Å²) in [7, 11) is -3.39. The van der Waals surface area contributed by atoms with E-state index < -0.39 is 10.0 Å². The first-order valence-corrected chi connectivity index (χ1v) is 11.9. The van der Waals surface area contributed by atoms with Crippen molar-refractivity contribution in [2.45, 2.75) is 45.3 Å². The Balaban J connectivity index is 1.59. The van der Waals surface area contributed by atoms with Crippen molar-refractivity contribution in [2.24, 2.45) is 22.7 Å². The number of fused-ring (bicyclic) bond motifs is 1. The third kappa shape index (κ3) is 3.27. The molecule has 1 heterocycles. The lowest BCUT2D eigenvalue weighted by molar-refractivity contribution is -0.136. The Bertz CT molecular complexity index is 854. The Morgan fingerprint density at radius 3 is 2.64 bits per heavy atom. The summed E-state index contributed by atoms with van der Waals surface area (Å²) in [6.07, 6.45) is 4.28. The van der Waals surface area contributed by atoms with Crippen LogP contribution in [0.25, 0.3) is 0 Å². The van der Waals surface area contributed by atoms with Crippen LogP contribution in [0.4, 0.5) is 0 Å². The highest BCUT2D eigenvalue weighted by Gasteiger charge is 2.68. The molecule has 2 aliphatic carbocycles. The quantitative estimate of drug-likeness (QED) is 0.785. The average Bonchev–Trinajstić information content (AvgIpc) is 3.13. The van der Waals surface area contributed by atoms with E-state index in [2.05, 4.69) is 36.0 Å². The van der Waals surface area contributed by atoms with Crippen molar-refractivity contribution in [3.8, 4) is 0 Å². The molecule has 1 saturated heterocycles. The molecule has 2 bridgehead atoms. The van der Waals surface area contributed by atoms with E-state index >= 15 is 0 Å². The number of carbonyl (C=O) groups excluding carboxylic acids is 1. The zero-order chi connectivity index (χ0) is 20.2. The third-order valence-corrected chi connectivity index (χ3v) is 8.10. The van der Waals surface area contributed by atoms with Crippen molar-refractivity contribution in [1.29, 1.82) is 0 Å². The largest absolute Gasteiger partial charge is 0.373 e. The van der Waals surface area contributed by atoms with E-state index in [0.717, 1.165) is 25.5 Å². The van der Waals surface area contributed by atoms with E-state index in [-0.39, 0.29) is 35.4 Å². The van der Waals surface area contributed by atoms with Crippen LogP contribution in [0.2, 0.25) is 0 Å². The van der Waals surface area contributed by atoms with Crippen LogP contribution in [-0.2, 0) is 19.6 Å². The fourth-order valence-corrected chi connectivity index (χ4v) is 6.56. The summed E-state index contributed by atoms with van der Waals surface area (Å²) in [5.41, 5.74) is 1.20. The molecule has 154 valence electrons. The van der Waals surface area contributed by atoms with Gasteiger partial charge in [0.1, 0.15) is 0 Å². The summed E-state index contributed by atoms with van der Waals surface area (Å²) >= 11 is 0. The predicted molar refractivity (Wildman–Crippen MR) is 107 cm³/mol. The molecule has 3 aliphatic rings. The van der Waals surface area contributed by atoms with Crippen molar-refractivity contribution in [3.05, 3.63) is 35.9 Å². The highest BCUT2D eigenvalue weighted by molar-refractivity contribution is 7.88. The second kappa shape index (κ2) is 6.82. The summed E-state index contributed by atoms with van der Waals surface area (Å²) in [5.74, 6) is 0.639. The first-order chi connectivity index (χ1) is 13.1. The van der Waals surface area contributed by atoms with Gasteiger partial charge in [0, 0.05) is 12.6 Å². The van der Waals surface area contributed by atoms with E-state index in [1.54, 1.807) is 0 Å². The molecule has 1 aliphatic heterocycles. The van der Waals surface area contributed by atoms with Crippen molar-refractivity contribution in [1.82, 2.24) is 10.0 Å². The van der Waals surface area contributed by atoms with E-state index in [1.807, 2.05) is 18.2 Å². The van der Waals surface area contributed by atoms with Gasteiger partial charge in [-0.25, -0.2) is 13.1 Å². The Morgan fingerprint density at radius 1 is 1.25 bits per heavy atom. The van der Waals surface area contributed by atoms with Crippen molar-refractivity contribution >= 4 is 15.9 Å². The van der Waals surface area contributed by atoms with Gasteiger partial charge in [0.2, 0.25) is 15.9 Å². The number of rotatable bonds is 5. The molecule has 1 amide bonds. The molecule has 4 rings (SSSR count). The number of hydrogen-bond donors (Lipinski definition) is 2. The molecular formula is C21H30N2O4S. The lowest BCUT2D eigenvalue weighted by Crippen LogP contribution is -2.59. The zero-order valence-electron chi connectivity index (χ0n) is 16.8. The number of ether oxygens (including phenoxy) is 1. The van der Waals surface area contributed by atoms with Crippen molar-refractivity contribution < 1.29 is 17.9 Å². The summed E-state index contributed by atoms with van der Waals surface area (Å²) in [6, 6.07) is 10.4. The van der Waals surface area contributed by atoms with Crippen LogP contribution in [0, 0.1) is 22.7 Å². The maximum absolute atomic E-state index is 12.6. The molecule has 1 aromatic rings. The number of amides is 1. The second-order valence-electron chi connectivity index (χ2n) is 9.34. The van der Waals surface area contributed by atoms with Gasteiger partial charge in [0.25, 0.3) is 0 Å². The topological polar surface area (TPSA) is 84.5 Å². The van der Waals surface area contributed by atoms with Gasteiger partial charge >= 0.3 is 0 Å². The standard InChI is InChI=1S/C21H30N2O4S/c1-20(2)15-11-16-18(14-7-5-4-6-8-14)27-10-9-21(16,12-15)19(20)23-17(24)13-22-28(3,25)26/h4-8,15-16,18-19,22H,9-13H2,1-3H3,(H,23,24)/t15-,16-,18-,19+,21-/m1/s1. The van der Waals surface area contributed by atoms with Gasteiger partial charge in [-0.2, -0.15) is 0 Å². The molecule has 7 heteroatoms. The summed E-state index contributed by atoms with van der Waals surface area (Å²) in [6.45, 7) is 4.96. The van der Waals surface area contributed by atoms with Gasteiger partial charge in [-0.05, 0) is 47.5 Å². The molecule has 1 spiro atoms. The summed E-state index contributed by atoms with van der Waals surface area (Å²) in [5, 5.41) is 3.21. The summed E-state index contributed by atoms with van der Waals surface area (Å²) < 4.78 is 31.2. The van der Waals surface area contributed by atoms with Gasteiger partial charge in [0.05, 0.1) is 18.9 Å². The van der Waals surface area contributed by atoms with Gasteiger partial charge in [-0.3, -0.25) is 4.79 Å². The Labute approximate surface area is 167 Å². The summed E-state index contributed by atoms with van der Waals surface area (Å²) in [4.78, 5) is 12.6. The minimum atomic E-state index is -3.39. The monoisotopic (exact) mass is 406 g/mol. The molecule has 6 nitrogen and oxygen atoms in total. The molecular weight excluding hydrogens is 376 g/mol. The number of hydrogen-bond acceptors (Lipinski definition) is 4. The molecule has 28 heavy (non-hydrogen) atoms. The molecule has 0 unspecified atom stereocenters. The van der Waals surface area contributed by atoms with Crippen LogP contribution >= 0.6 is 0 Å². The van der Waals surface area contributed by atoms with Crippen molar-refractivity contribution in [2.75, 3.05) is 19.4 Å². The fraction of sp³-hybridized carbons (Fsp3) is 0.667. The average molecular weight is 407 g/mol. The second-order valence-corrected chi connectivity index (χ2v) is 11.2. The zero-order valence-corrected chi connectivity index (χ0v) is 17.6. The van der Waals surface area contributed by atoms with Crippen LogP contribution in [-0.4, -0.2) is 39.8 Å². The lowest BCUT2D eigenvalue weighted by atomic mass is 9.59. The molecule has 0 aromatic heterocycles. The number of nitrogens with one attached hydrogen (secondary N) is 2. The highest BCUT2D eigenvalue weighted by atomic mass is 32.2. The van der Waals surface area contributed by atoms with E-state index in [4.69, 9.17) is 4.74 Å². The highest BCUT2D eigenvalue weighted by Crippen LogP contribution is 2.70. The van der Waals surface area contributed by atoms with Gasteiger partial charge < -0.3 is 10.1 Å². The Hall–Kier alpha value is -1.44. The van der Waals surface area contributed by atoms with Crippen LogP contribution in [0.1, 0.15) is 44.8 Å². The number of carbonyl (C=O) groups is 1. The van der Waals surface area contributed by atoms with Crippen molar-refractivity contribution in [3.63, 3.8) is 0 Å². The Morgan fingerprint density at radius 2 is 1.96 bits per heavy atom. The minimum absolute atomic E-state index is 0.00761. The maximum atomic E-state index is 12.6.